The Hall–Kier alpha value is -2.45. The molecule has 0 radical (unpaired) electrons. The van der Waals surface area contributed by atoms with Gasteiger partial charge in [-0.1, -0.05) is 43.2 Å². The lowest BCUT2D eigenvalue weighted by Crippen LogP contribution is -2.55. The number of rotatable bonds is 10. The number of nitrogens with two attached hydrogens (primary N) is 1. The molecule has 0 bridgehead atoms. The molecule has 2 aliphatic heterocycles. The van der Waals surface area contributed by atoms with E-state index in [-0.39, 0.29) is 5.91 Å². The average Bonchev–Trinajstić information content (AvgIpc) is 3.42. The van der Waals surface area contributed by atoms with Crippen LogP contribution >= 0.6 is 0 Å². The van der Waals surface area contributed by atoms with Gasteiger partial charge in [0.25, 0.3) is 0 Å². The number of nitrogens with one attached hydrogen (secondary N) is 2. The van der Waals surface area contributed by atoms with E-state index in [0.29, 0.717) is 37.8 Å². The lowest BCUT2D eigenvalue weighted by atomic mass is 9.84. The summed E-state index contributed by atoms with van der Waals surface area (Å²) in [6, 6.07) is 9.56. The number of amides is 3. The molecule has 4 rings (SSSR count). The van der Waals surface area contributed by atoms with Crippen LogP contribution in [0, 0.1) is 11.3 Å². The van der Waals surface area contributed by atoms with Gasteiger partial charge < -0.3 is 26.0 Å². The van der Waals surface area contributed by atoms with Crippen LogP contribution in [-0.2, 0) is 25.5 Å². The first-order valence-corrected chi connectivity index (χ1v) is 13.7. The highest BCUT2D eigenvalue weighted by atomic mass is 16.5. The van der Waals surface area contributed by atoms with E-state index in [9.17, 15) is 14.4 Å². The van der Waals surface area contributed by atoms with Gasteiger partial charge in [-0.15, -0.1) is 0 Å². The Labute approximate surface area is 214 Å². The smallest absolute Gasteiger partial charge is 0.242 e. The summed E-state index contributed by atoms with van der Waals surface area (Å²) >= 11 is 0. The van der Waals surface area contributed by atoms with Crippen molar-refractivity contribution in [3.63, 3.8) is 0 Å². The molecule has 8 heteroatoms. The van der Waals surface area contributed by atoms with E-state index >= 15 is 0 Å². The van der Waals surface area contributed by atoms with Gasteiger partial charge in [0.15, 0.2) is 0 Å². The van der Waals surface area contributed by atoms with Gasteiger partial charge in [0.2, 0.25) is 17.7 Å². The molecular formula is C28H42N4O4. The van der Waals surface area contributed by atoms with Crippen LogP contribution < -0.4 is 16.4 Å². The summed E-state index contributed by atoms with van der Waals surface area (Å²) in [5.41, 5.74) is 5.40. The molecule has 3 amide bonds. The van der Waals surface area contributed by atoms with Crippen molar-refractivity contribution in [1.82, 2.24) is 15.5 Å². The summed E-state index contributed by atoms with van der Waals surface area (Å²) in [5.74, 6) is -0.614. The van der Waals surface area contributed by atoms with E-state index in [4.69, 9.17) is 10.5 Å². The van der Waals surface area contributed by atoms with Gasteiger partial charge in [-0.3, -0.25) is 14.4 Å². The number of likely N-dealkylation sites (tertiary alicyclic amines) is 1. The lowest BCUT2D eigenvalue weighted by Gasteiger charge is -2.39. The molecule has 8 nitrogen and oxygen atoms in total. The van der Waals surface area contributed by atoms with Gasteiger partial charge in [-0.05, 0) is 69.5 Å². The lowest BCUT2D eigenvalue weighted by molar-refractivity contribution is -0.143. The third-order valence-corrected chi connectivity index (χ3v) is 8.48. The topological polar surface area (TPSA) is 114 Å². The monoisotopic (exact) mass is 498 g/mol. The van der Waals surface area contributed by atoms with Crippen molar-refractivity contribution in [2.45, 2.75) is 76.3 Å². The van der Waals surface area contributed by atoms with E-state index in [0.717, 1.165) is 76.8 Å². The average molecular weight is 499 g/mol. The van der Waals surface area contributed by atoms with Crippen LogP contribution in [-0.4, -0.2) is 67.6 Å². The van der Waals surface area contributed by atoms with Gasteiger partial charge in [-0.2, -0.15) is 0 Å². The maximum Gasteiger partial charge on any atom is 0.242 e. The predicted molar refractivity (Wildman–Crippen MR) is 138 cm³/mol. The predicted octanol–water partition coefficient (Wildman–Crippen LogP) is 2.16. The molecule has 2 heterocycles. The number of hydrogen-bond donors (Lipinski definition) is 3. The Morgan fingerprint density at radius 2 is 1.69 bits per heavy atom. The third kappa shape index (κ3) is 6.65. The minimum absolute atomic E-state index is 0.204. The Kier molecular flexibility index (Phi) is 9.37. The molecule has 1 aromatic rings. The molecular weight excluding hydrogens is 456 g/mol. The fourth-order valence-corrected chi connectivity index (χ4v) is 6.10. The van der Waals surface area contributed by atoms with Gasteiger partial charge in [0, 0.05) is 32.2 Å². The molecule has 3 aliphatic rings. The molecule has 1 aromatic carbocycles. The number of carbonyl (C=O) groups excluding carboxylic acids is 3. The van der Waals surface area contributed by atoms with Crippen LogP contribution in [0.5, 0.6) is 0 Å². The Morgan fingerprint density at radius 1 is 1.03 bits per heavy atom. The number of nitrogens with zero attached hydrogens (tertiary/aromatic N) is 1. The van der Waals surface area contributed by atoms with Crippen molar-refractivity contribution in [2.75, 3.05) is 32.8 Å². The van der Waals surface area contributed by atoms with Crippen molar-refractivity contribution in [3.05, 3.63) is 35.9 Å². The molecule has 0 aromatic heterocycles. The molecule has 1 saturated carbocycles. The SMILES string of the molecule is NC(=O)C1(C(=O)N[C@H](Cc2ccccc2)C(=O)NCCC2CCN(C3CCOCC3)CC2)CCCC1. The second-order valence-corrected chi connectivity index (χ2v) is 10.8. The maximum atomic E-state index is 13.2. The van der Waals surface area contributed by atoms with Gasteiger partial charge in [-0.25, -0.2) is 0 Å². The largest absolute Gasteiger partial charge is 0.381 e. The zero-order valence-electron chi connectivity index (χ0n) is 21.4. The highest BCUT2D eigenvalue weighted by Gasteiger charge is 2.47. The van der Waals surface area contributed by atoms with Crippen LogP contribution in [0.25, 0.3) is 0 Å². The first kappa shape index (κ1) is 26.6. The fraction of sp³-hybridized carbons (Fsp3) is 0.679. The van der Waals surface area contributed by atoms with E-state index in [1.807, 2.05) is 30.3 Å². The second kappa shape index (κ2) is 12.7. The van der Waals surface area contributed by atoms with Crippen LogP contribution in [0.4, 0.5) is 0 Å². The van der Waals surface area contributed by atoms with Crippen LogP contribution in [0.3, 0.4) is 0 Å². The van der Waals surface area contributed by atoms with E-state index in [1.165, 1.54) is 0 Å². The summed E-state index contributed by atoms with van der Waals surface area (Å²) in [5, 5.41) is 5.95. The zero-order valence-corrected chi connectivity index (χ0v) is 21.4. The summed E-state index contributed by atoms with van der Waals surface area (Å²) < 4.78 is 5.50. The summed E-state index contributed by atoms with van der Waals surface area (Å²) in [6.07, 6.45) is 8.34. The molecule has 2 saturated heterocycles. The number of hydrogen-bond acceptors (Lipinski definition) is 5. The third-order valence-electron chi connectivity index (χ3n) is 8.48. The number of ether oxygens (including phenoxy) is 1. The summed E-state index contributed by atoms with van der Waals surface area (Å²) in [7, 11) is 0. The Bertz CT molecular complexity index is 873. The van der Waals surface area contributed by atoms with Gasteiger partial charge in [0.1, 0.15) is 11.5 Å². The first-order chi connectivity index (χ1) is 17.5. The van der Waals surface area contributed by atoms with Crippen LogP contribution in [0.1, 0.15) is 63.4 Å². The van der Waals surface area contributed by atoms with E-state index < -0.39 is 23.3 Å². The van der Waals surface area contributed by atoms with Crippen molar-refractivity contribution in [3.8, 4) is 0 Å². The molecule has 1 aliphatic carbocycles. The van der Waals surface area contributed by atoms with Crippen molar-refractivity contribution in [2.24, 2.45) is 17.1 Å². The maximum absolute atomic E-state index is 13.2. The number of benzene rings is 1. The van der Waals surface area contributed by atoms with Crippen molar-refractivity contribution in [1.29, 1.82) is 0 Å². The summed E-state index contributed by atoms with van der Waals surface area (Å²) in [4.78, 5) is 41.2. The number of piperidine rings is 1. The van der Waals surface area contributed by atoms with Gasteiger partial charge in [0.05, 0.1) is 0 Å². The van der Waals surface area contributed by atoms with E-state index in [1.54, 1.807) is 0 Å². The van der Waals surface area contributed by atoms with Gasteiger partial charge >= 0.3 is 0 Å². The standard InChI is InChI=1S/C28H42N4O4/c29-26(34)28(13-4-5-14-28)27(35)31-24(20-22-6-2-1-3-7-22)25(33)30-15-8-21-9-16-32(17-10-21)23-11-18-36-19-12-23/h1-3,6-7,21,23-24H,4-5,8-20H2,(H2,29,34)(H,30,33)(H,31,35)/t24-/m1/s1. The van der Waals surface area contributed by atoms with Crippen molar-refractivity contribution < 1.29 is 19.1 Å². The Morgan fingerprint density at radius 3 is 2.33 bits per heavy atom. The van der Waals surface area contributed by atoms with Crippen molar-refractivity contribution >= 4 is 17.7 Å². The molecule has 1 atom stereocenters. The second-order valence-electron chi connectivity index (χ2n) is 10.8. The first-order valence-electron chi connectivity index (χ1n) is 13.7. The number of primary amides is 1. The molecule has 36 heavy (non-hydrogen) atoms. The normalized spacial score (nSPS) is 22.1. The molecule has 4 N–H and O–H groups in total. The fourth-order valence-electron chi connectivity index (χ4n) is 6.10. The molecule has 0 spiro atoms. The van der Waals surface area contributed by atoms with E-state index in [2.05, 4.69) is 15.5 Å². The highest BCUT2D eigenvalue weighted by Crippen LogP contribution is 2.38. The van der Waals surface area contributed by atoms with Crippen LogP contribution in [0.2, 0.25) is 0 Å². The Balaban J connectivity index is 1.29. The quantitative estimate of drug-likeness (QED) is 0.428. The molecule has 198 valence electrons. The minimum Gasteiger partial charge on any atom is -0.381 e. The minimum atomic E-state index is -1.20. The van der Waals surface area contributed by atoms with Crippen LogP contribution in [0.15, 0.2) is 30.3 Å². The molecule has 3 fully saturated rings. The molecule has 0 unspecified atom stereocenters. The summed E-state index contributed by atoms with van der Waals surface area (Å²) in [6.45, 7) is 4.56. The zero-order chi connectivity index (χ0) is 25.4. The number of carbonyl (C=O) groups is 3. The highest BCUT2D eigenvalue weighted by molar-refractivity contribution is 6.05.